The first-order chi connectivity index (χ1) is 10.3. The summed E-state index contributed by atoms with van der Waals surface area (Å²) in [5.41, 5.74) is 0.0553. The monoisotopic (exact) mass is 367 g/mol. The third-order valence-corrected chi connectivity index (χ3v) is 5.29. The van der Waals surface area contributed by atoms with Crippen LogP contribution in [0.1, 0.15) is 45.1 Å². The highest BCUT2D eigenvalue weighted by Gasteiger charge is 2.46. The zero-order valence-corrected chi connectivity index (χ0v) is 14.6. The van der Waals surface area contributed by atoms with Crippen LogP contribution in [0.4, 0.5) is 0 Å². The van der Waals surface area contributed by atoms with E-state index in [0.29, 0.717) is 19.4 Å². The van der Waals surface area contributed by atoms with Crippen LogP contribution in [0.2, 0.25) is 0 Å². The van der Waals surface area contributed by atoms with E-state index < -0.39 is 11.4 Å². The van der Waals surface area contributed by atoms with Crippen LogP contribution in [-0.2, 0) is 15.0 Å². The van der Waals surface area contributed by atoms with E-state index in [1.54, 1.807) is 0 Å². The lowest BCUT2D eigenvalue weighted by atomic mass is 9.66. The zero-order valence-electron chi connectivity index (χ0n) is 13.0. The lowest BCUT2D eigenvalue weighted by Gasteiger charge is -2.37. The minimum atomic E-state index is -0.848. The van der Waals surface area contributed by atoms with Crippen LogP contribution in [0.25, 0.3) is 0 Å². The summed E-state index contributed by atoms with van der Waals surface area (Å²) in [6, 6.07) is 7.93. The molecular formula is C17H22BrNO3. The van der Waals surface area contributed by atoms with E-state index in [1.807, 2.05) is 24.3 Å². The molecular weight excluding hydrogens is 346 g/mol. The van der Waals surface area contributed by atoms with Crippen LogP contribution >= 0.6 is 15.9 Å². The molecule has 120 valence electrons. The summed E-state index contributed by atoms with van der Waals surface area (Å²) >= 11 is 3.54. The quantitative estimate of drug-likeness (QED) is 0.808. The second-order valence-corrected chi connectivity index (χ2v) is 7.61. The first kappa shape index (κ1) is 17.0. The lowest BCUT2D eigenvalue weighted by molar-refractivity contribution is -0.157. The number of halogens is 1. The normalized spacial score (nSPS) is 16.7. The van der Waals surface area contributed by atoms with Gasteiger partial charge in [0.1, 0.15) is 0 Å². The summed E-state index contributed by atoms with van der Waals surface area (Å²) in [5.74, 6) is -1.03. The van der Waals surface area contributed by atoms with E-state index in [1.165, 1.54) is 0 Å². The number of nitrogens with one attached hydrogen (secondary N) is 1. The van der Waals surface area contributed by atoms with Crippen molar-refractivity contribution in [3.63, 3.8) is 0 Å². The van der Waals surface area contributed by atoms with Crippen molar-refractivity contribution >= 4 is 27.8 Å². The molecule has 2 N–H and O–H groups in total. The number of carbonyl (C=O) groups is 2. The van der Waals surface area contributed by atoms with Gasteiger partial charge in [0.15, 0.2) is 0 Å². The van der Waals surface area contributed by atoms with Crippen molar-refractivity contribution in [2.24, 2.45) is 5.41 Å². The maximum atomic E-state index is 12.1. The molecule has 1 amide bonds. The fourth-order valence-corrected chi connectivity index (χ4v) is 3.69. The van der Waals surface area contributed by atoms with Gasteiger partial charge in [-0.15, -0.1) is 0 Å². The highest BCUT2D eigenvalue weighted by molar-refractivity contribution is 9.10. The maximum Gasteiger partial charge on any atom is 0.310 e. The lowest BCUT2D eigenvalue weighted by Crippen LogP contribution is -2.44. The fraction of sp³-hybridized carbons (Fsp3) is 0.529. The van der Waals surface area contributed by atoms with Gasteiger partial charge in [-0.05, 0) is 24.5 Å². The Kier molecular flexibility index (Phi) is 4.95. The van der Waals surface area contributed by atoms with Gasteiger partial charge in [0, 0.05) is 22.9 Å². The summed E-state index contributed by atoms with van der Waals surface area (Å²) in [6.07, 6.45) is 2.17. The van der Waals surface area contributed by atoms with E-state index in [9.17, 15) is 14.7 Å². The number of aliphatic carboxylic acids is 1. The Labute approximate surface area is 139 Å². The molecule has 2 rings (SSSR count). The molecule has 1 fully saturated rings. The number of hydrogen-bond donors (Lipinski definition) is 2. The van der Waals surface area contributed by atoms with Gasteiger partial charge in [0.05, 0.1) is 5.41 Å². The molecule has 0 aliphatic heterocycles. The van der Waals surface area contributed by atoms with Crippen molar-refractivity contribution in [1.82, 2.24) is 5.32 Å². The fourth-order valence-electron chi connectivity index (χ4n) is 2.86. The summed E-state index contributed by atoms with van der Waals surface area (Å²) in [4.78, 5) is 23.5. The Morgan fingerprint density at radius 3 is 2.45 bits per heavy atom. The highest BCUT2D eigenvalue weighted by atomic mass is 79.9. The maximum absolute atomic E-state index is 12.1. The zero-order chi connectivity index (χ0) is 16.4. The van der Waals surface area contributed by atoms with Crippen molar-refractivity contribution in [3.8, 4) is 0 Å². The summed E-state index contributed by atoms with van der Waals surface area (Å²) < 4.78 is 1.01. The van der Waals surface area contributed by atoms with Crippen LogP contribution in [0.5, 0.6) is 0 Å². The summed E-state index contributed by atoms with van der Waals surface area (Å²) in [5, 5.41) is 12.2. The third-order valence-electron chi connectivity index (χ3n) is 4.59. The van der Waals surface area contributed by atoms with Crippen molar-refractivity contribution in [3.05, 3.63) is 34.3 Å². The number of carbonyl (C=O) groups excluding carboxylic acids is 1. The molecule has 0 radical (unpaired) electrons. The molecule has 1 saturated carbocycles. The van der Waals surface area contributed by atoms with Gasteiger partial charge in [-0.25, -0.2) is 0 Å². The Morgan fingerprint density at radius 2 is 1.95 bits per heavy atom. The molecule has 5 heteroatoms. The number of amides is 1. The van der Waals surface area contributed by atoms with Crippen molar-refractivity contribution in [2.75, 3.05) is 6.54 Å². The topological polar surface area (TPSA) is 66.4 Å². The van der Waals surface area contributed by atoms with E-state index in [2.05, 4.69) is 35.1 Å². The second-order valence-electron chi connectivity index (χ2n) is 6.76. The Bertz CT molecular complexity index is 579. The molecule has 0 unspecified atom stereocenters. The van der Waals surface area contributed by atoms with E-state index in [-0.39, 0.29) is 17.7 Å². The summed E-state index contributed by atoms with van der Waals surface area (Å²) in [6.45, 7) is 4.59. The predicted molar refractivity (Wildman–Crippen MR) is 88.7 cm³/mol. The van der Waals surface area contributed by atoms with Crippen molar-refractivity contribution in [1.29, 1.82) is 0 Å². The minimum absolute atomic E-state index is 0.0778. The van der Waals surface area contributed by atoms with Crippen LogP contribution in [0, 0.1) is 5.41 Å². The number of rotatable bonds is 6. The average Bonchev–Trinajstić information content (AvgIpc) is 2.40. The molecule has 0 bridgehead atoms. The summed E-state index contributed by atoms with van der Waals surface area (Å²) in [7, 11) is 0. The van der Waals surface area contributed by atoms with Gasteiger partial charge in [0.25, 0.3) is 0 Å². The Morgan fingerprint density at radius 1 is 1.32 bits per heavy atom. The Hall–Kier alpha value is -1.36. The molecule has 1 aromatic carbocycles. The molecule has 0 saturated heterocycles. The standard InChI is InChI=1S/C17H22BrNO3/c1-16(2,12-6-3-4-7-13(12)18)11-19-14(20)10-17(15(21)22)8-5-9-17/h3-4,6-7H,5,8-11H2,1-2H3,(H,19,20)(H,21,22). The molecule has 1 aliphatic carbocycles. The SMILES string of the molecule is CC(C)(CNC(=O)CC1(C(=O)O)CCC1)c1ccccc1Br. The molecule has 0 heterocycles. The van der Waals surface area contributed by atoms with Gasteiger partial charge in [0.2, 0.25) is 5.91 Å². The van der Waals surface area contributed by atoms with Gasteiger partial charge >= 0.3 is 5.97 Å². The first-order valence-corrected chi connectivity index (χ1v) is 8.31. The first-order valence-electron chi connectivity index (χ1n) is 7.52. The molecule has 1 aromatic rings. The smallest absolute Gasteiger partial charge is 0.310 e. The molecule has 4 nitrogen and oxygen atoms in total. The molecule has 22 heavy (non-hydrogen) atoms. The number of benzene rings is 1. The van der Waals surface area contributed by atoms with E-state index in [4.69, 9.17) is 0 Å². The molecule has 0 atom stereocenters. The molecule has 1 aliphatic rings. The predicted octanol–water partition coefficient (Wildman–Crippen LogP) is 3.49. The van der Waals surface area contributed by atoms with Gasteiger partial charge in [-0.3, -0.25) is 9.59 Å². The molecule has 0 spiro atoms. The Balaban J connectivity index is 1.96. The van der Waals surface area contributed by atoms with Crippen LogP contribution in [0.15, 0.2) is 28.7 Å². The average molecular weight is 368 g/mol. The number of carboxylic acid groups (broad SMARTS) is 1. The highest BCUT2D eigenvalue weighted by Crippen LogP contribution is 2.44. The third kappa shape index (κ3) is 3.51. The van der Waals surface area contributed by atoms with Crippen LogP contribution in [0.3, 0.4) is 0 Å². The minimum Gasteiger partial charge on any atom is -0.481 e. The number of hydrogen-bond acceptors (Lipinski definition) is 2. The largest absolute Gasteiger partial charge is 0.481 e. The van der Waals surface area contributed by atoms with Crippen LogP contribution in [-0.4, -0.2) is 23.5 Å². The van der Waals surface area contributed by atoms with Crippen LogP contribution < -0.4 is 5.32 Å². The van der Waals surface area contributed by atoms with Gasteiger partial charge in [-0.1, -0.05) is 54.4 Å². The van der Waals surface area contributed by atoms with E-state index in [0.717, 1.165) is 16.5 Å². The van der Waals surface area contributed by atoms with Gasteiger partial charge < -0.3 is 10.4 Å². The van der Waals surface area contributed by atoms with E-state index >= 15 is 0 Å². The molecule has 0 aromatic heterocycles. The second kappa shape index (κ2) is 6.41. The van der Waals surface area contributed by atoms with Crippen molar-refractivity contribution < 1.29 is 14.7 Å². The van der Waals surface area contributed by atoms with Crippen molar-refractivity contribution in [2.45, 2.75) is 44.9 Å². The van der Waals surface area contributed by atoms with Gasteiger partial charge in [-0.2, -0.15) is 0 Å². The number of carboxylic acids is 1.